The van der Waals surface area contributed by atoms with Gasteiger partial charge < -0.3 is 4.74 Å². The fraction of sp³-hybridized carbons (Fsp3) is 0.312. The van der Waals surface area contributed by atoms with Gasteiger partial charge in [-0.3, -0.25) is 0 Å². The molecule has 0 N–H and O–H groups in total. The van der Waals surface area contributed by atoms with Crippen LogP contribution in [0.2, 0.25) is 0 Å². The average Bonchev–Trinajstić information content (AvgIpc) is 2.53. The van der Waals surface area contributed by atoms with E-state index in [1.54, 1.807) is 12.1 Å². The highest BCUT2D eigenvalue weighted by molar-refractivity contribution is 5.89. The van der Waals surface area contributed by atoms with Gasteiger partial charge >= 0.3 is 5.97 Å². The predicted molar refractivity (Wildman–Crippen MR) is 77.4 cm³/mol. The zero-order valence-corrected chi connectivity index (χ0v) is 11.8. The molecule has 0 aliphatic rings. The Balaban J connectivity index is 2.12. The Kier molecular flexibility index (Phi) is 4.82. The maximum Gasteiger partial charge on any atom is 0.338 e. The molecule has 0 aliphatic carbocycles. The van der Waals surface area contributed by atoms with Gasteiger partial charge in [-0.25, -0.2) is 14.8 Å². The number of benzene rings is 1. The highest BCUT2D eigenvalue weighted by atomic mass is 16.5. The molecule has 0 fully saturated rings. The van der Waals surface area contributed by atoms with Crippen molar-refractivity contribution in [2.75, 3.05) is 6.61 Å². The van der Waals surface area contributed by atoms with Gasteiger partial charge in [0.1, 0.15) is 0 Å². The van der Waals surface area contributed by atoms with E-state index in [2.05, 4.69) is 16.9 Å². The Hall–Kier alpha value is -2.23. The third kappa shape index (κ3) is 3.41. The lowest BCUT2D eigenvalue weighted by Gasteiger charge is -2.04. The second-order valence-electron chi connectivity index (χ2n) is 4.48. The number of esters is 1. The van der Waals surface area contributed by atoms with Crippen LogP contribution in [0.3, 0.4) is 0 Å². The van der Waals surface area contributed by atoms with Crippen molar-refractivity contribution in [2.24, 2.45) is 0 Å². The molecule has 0 spiro atoms. The minimum atomic E-state index is -0.291. The summed E-state index contributed by atoms with van der Waals surface area (Å²) >= 11 is 0. The highest BCUT2D eigenvalue weighted by Gasteiger charge is 2.07. The molecule has 1 aromatic carbocycles. The van der Waals surface area contributed by atoms with Crippen molar-refractivity contribution in [2.45, 2.75) is 26.7 Å². The van der Waals surface area contributed by atoms with Crippen LogP contribution in [-0.4, -0.2) is 22.5 Å². The van der Waals surface area contributed by atoms with Crippen LogP contribution in [0.4, 0.5) is 0 Å². The number of carbonyl (C=O) groups excluding carboxylic acids is 1. The van der Waals surface area contributed by atoms with E-state index >= 15 is 0 Å². The van der Waals surface area contributed by atoms with Crippen molar-refractivity contribution in [1.29, 1.82) is 0 Å². The van der Waals surface area contributed by atoms with Crippen molar-refractivity contribution in [3.05, 3.63) is 47.8 Å². The molecular formula is C16H18N2O2. The fourth-order valence-electron chi connectivity index (χ4n) is 1.72. The largest absolute Gasteiger partial charge is 0.462 e. The van der Waals surface area contributed by atoms with Crippen LogP contribution in [0.15, 0.2) is 36.7 Å². The van der Waals surface area contributed by atoms with Gasteiger partial charge in [0.2, 0.25) is 0 Å². The van der Waals surface area contributed by atoms with Gasteiger partial charge in [-0.2, -0.15) is 0 Å². The standard InChI is InChI=1S/C16H18N2O2/c1-3-9-20-16(19)14-7-5-13(6-8-14)15-17-10-12(4-2)11-18-15/h5-8,10-11H,3-4,9H2,1-2H3. The molecule has 0 saturated carbocycles. The SMILES string of the molecule is CCCOC(=O)c1ccc(-c2ncc(CC)cn2)cc1. The summed E-state index contributed by atoms with van der Waals surface area (Å²) in [6, 6.07) is 7.15. The summed E-state index contributed by atoms with van der Waals surface area (Å²) in [7, 11) is 0. The molecule has 2 rings (SSSR count). The normalized spacial score (nSPS) is 10.3. The third-order valence-corrected chi connectivity index (χ3v) is 2.93. The van der Waals surface area contributed by atoms with Crippen LogP contribution in [0.25, 0.3) is 11.4 Å². The molecule has 4 heteroatoms. The molecule has 0 bridgehead atoms. The van der Waals surface area contributed by atoms with Gasteiger partial charge in [-0.1, -0.05) is 26.0 Å². The number of hydrogen-bond donors (Lipinski definition) is 0. The van der Waals surface area contributed by atoms with Crippen molar-refractivity contribution in [3.8, 4) is 11.4 Å². The van der Waals surface area contributed by atoms with Crippen molar-refractivity contribution in [3.63, 3.8) is 0 Å². The Morgan fingerprint density at radius 3 is 2.30 bits per heavy atom. The molecule has 1 aromatic heterocycles. The monoisotopic (exact) mass is 270 g/mol. The summed E-state index contributed by atoms with van der Waals surface area (Å²) in [5, 5.41) is 0. The number of nitrogens with zero attached hydrogens (tertiary/aromatic N) is 2. The molecule has 0 saturated heterocycles. The van der Waals surface area contributed by atoms with Crippen molar-refractivity contribution < 1.29 is 9.53 Å². The first kappa shape index (κ1) is 14.2. The molecule has 0 aliphatic heterocycles. The van der Waals surface area contributed by atoms with Gasteiger partial charge in [-0.15, -0.1) is 0 Å². The smallest absolute Gasteiger partial charge is 0.338 e. The summed E-state index contributed by atoms with van der Waals surface area (Å²) in [6.45, 7) is 4.48. The van der Waals surface area contributed by atoms with E-state index in [1.807, 2.05) is 31.5 Å². The highest BCUT2D eigenvalue weighted by Crippen LogP contribution is 2.16. The van der Waals surface area contributed by atoms with E-state index in [4.69, 9.17) is 4.74 Å². The number of rotatable bonds is 5. The summed E-state index contributed by atoms with van der Waals surface area (Å²) < 4.78 is 5.08. The number of aromatic nitrogens is 2. The Bertz CT molecular complexity index is 562. The molecule has 2 aromatic rings. The number of aryl methyl sites for hydroxylation is 1. The minimum absolute atomic E-state index is 0.291. The minimum Gasteiger partial charge on any atom is -0.462 e. The van der Waals surface area contributed by atoms with Gasteiger partial charge in [0.25, 0.3) is 0 Å². The number of ether oxygens (including phenoxy) is 1. The second-order valence-corrected chi connectivity index (χ2v) is 4.48. The maximum atomic E-state index is 11.7. The summed E-state index contributed by atoms with van der Waals surface area (Å²) in [4.78, 5) is 20.3. The average molecular weight is 270 g/mol. The van der Waals surface area contributed by atoms with E-state index in [9.17, 15) is 4.79 Å². The van der Waals surface area contributed by atoms with Gasteiger partial charge in [-0.05, 0) is 30.5 Å². The lowest BCUT2D eigenvalue weighted by Crippen LogP contribution is -2.05. The molecular weight excluding hydrogens is 252 g/mol. The van der Waals surface area contributed by atoms with Gasteiger partial charge in [0.05, 0.1) is 12.2 Å². The molecule has 0 unspecified atom stereocenters. The first-order valence-electron chi connectivity index (χ1n) is 6.83. The maximum absolute atomic E-state index is 11.7. The predicted octanol–water partition coefficient (Wildman–Crippen LogP) is 3.27. The fourth-order valence-corrected chi connectivity index (χ4v) is 1.72. The van der Waals surface area contributed by atoms with Crippen molar-refractivity contribution >= 4 is 5.97 Å². The van der Waals surface area contributed by atoms with Crippen LogP contribution < -0.4 is 0 Å². The van der Waals surface area contributed by atoms with Crippen LogP contribution in [0.1, 0.15) is 36.2 Å². The summed E-state index contributed by atoms with van der Waals surface area (Å²) in [5.74, 6) is 0.372. The van der Waals surface area contributed by atoms with Crippen LogP contribution in [0, 0.1) is 0 Å². The zero-order chi connectivity index (χ0) is 14.4. The quantitative estimate of drug-likeness (QED) is 0.782. The van der Waals surface area contributed by atoms with Crippen LogP contribution in [0.5, 0.6) is 0 Å². The van der Waals surface area contributed by atoms with E-state index < -0.39 is 0 Å². The van der Waals surface area contributed by atoms with E-state index in [-0.39, 0.29) is 5.97 Å². The second kappa shape index (κ2) is 6.80. The number of hydrogen-bond acceptors (Lipinski definition) is 4. The molecule has 0 amide bonds. The first-order valence-corrected chi connectivity index (χ1v) is 6.83. The van der Waals surface area contributed by atoms with Crippen LogP contribution in [-0.2, 0) is 11.2 Å². The van der Waals surface area contributed by atoms with E-state index in [0.717, 1.165) is 24.0 Å². The molecule has 104 valence electrons. The summed E-state index contributed by atoms with van der Waals surface area (Å²) in [5.41, 5.74) is 2.54. The molecule has 0 atom stereocenters. The van der Waals surface area contributed by atoms with E-state index in [0.29, 0.717) is 18.0 Å². The Morgan fingerprint density at radius 2 is 1.75 bits per heavy atom. The Labute approximate surface area is 118 Å². The first-order chi connectivity index (χ1) is 9.74. The zero-order valence-electron chi connectivity index (χ0n) is 11.8. The lowest BCUT2D eigenvalue weighted by molar-refractivity contribution is 0.0505. The summed E-state index contributed by atoms with van der Waals surface area (Å²) in [6.07, 6.45) is 5.39. The molecule has 0 radical (unpaired) electrons. The Morgan fingerprint density at radius 1 is 1.10 bits per heavy atom. The van der Waals surface area contributed by atoms with E-state index in [1.165, 1.54) is 0 Å². The topological polar surface area (TPSA) is 52.1 Å². The lowest BCUT2D eigenvalue weighted by atomic mass is 10.1. The third-order valence-electron chi connectivity index (χ3n) is 2.93. The molecule has 4 nitrogen and oxygen atoms in total. The van der Waals surface area contributed by atoms with Gasteiger partial charge in [0, 0.05) is 18.0 Å². The van der Waals surface area contributed by atoms with Crippen LogP contribution >= 0.6 is 0 Å². The van der Waals surface area contributed by atoms with Crippen molar-refractivity contribution in [1.82, 2.24) is 9.97 Å². The van der Waals surface area contributed by atoms with Gasteiger partial charge in [0.15, 0.2) is 5.82 Å². The molecule has 1 heterocycles. The molecule has 20 heavy (non-hydrogen) atoms. The number of carbonyl (C=O) groups is 1.